The molecule has 33 heavy (non-hydrogen) atoms. The Hall–Kier alpha value is -3.22. The Morgan fingerprint density at radius 3 is 2.67 bits per heavy atom. The van der Waals surface area contributed by atoms with Gasteiger partial charge in [-0.15, -0.1) is 0 Å². The number of nitrogens with one attached hydrogen (secondary N) is 1. The van der Waals surface area contributed by atoms with Crippen LogP contribution in [-0.4, -0.2) is 37.8 Å². The summed E-state index contributed by atoms with van der Waals surface area (Å²) >= 11 is 0. The highest BCUT2D eigenvalue weighted by molar-refractivity contribution is 6.01. The molecule has 0 bridgehead atoms. The monoisotopic (exact) mass is 448 g/mol. The van der Waals surface area contributed by atoms with Crippen molar-refractivity contribution in [2.24, 2.45) is 5.92 Å². The third-order valence-electron chi connectivity index (χ3n) is 7.36. The van der Waals surface area contributed by atoms with Crippen LogP contribution in [0.3, 0.4) is 0 Å². The Balaban J connectivity index is 1.56. The lowest BCUT2D eigenvalue weighted by atomic mass is 9.85. The van der Waals surface area contributed by atoms with Gasteiger partial charge in [0.1, 0.15) is 11.4 Å². The van der Waals surface area contributed by atoms with Gasteiger partial charge in [0.15, 0.2) is 5.82 Å². The Bertz CT molecular complexity index is 1220. The topological polar surface area (TPSA) is 67.2 Å². The van der Waals surface area contributed by atoms with Crippen LogP contribution in [0.15, 0.2) is 48.5 Å². The second-order valence-electron chi connectivity index (χ2n) is 9.61. The largest absolute Gasteiger partial charge is 0.351 e. The minimum Gasteiger partial charge on any atom is -0.351 e. The highest BCUT2D eigenvalue weighted by atomic mass is 19.1. The van der Waals surface area contributed by atoms with Gasteiger partial charge >= 0.3 is 0 Å². The standard InChI is InChI=1S/C26H29FN4O2/c1-17-9-3-6-12-20(17)29-25(33)26(2)16-30-22-14-8-7-13-21(22)28-23(30)24(32)31(26)15-18-10-4-5-11-19(18)27/h4-5,7-8,10-11,13-14,17,20H,3,6,9,12,15-16H2,1-2H3,(H,29,33)/t17-,20-,26+/m1/s1. The summed E-state index contributed by atoms with van der Waals surface area (Å²) in [6, 6.07) is 14.0. The second-order valence-corrected chi connectivity index (χ2v) is 9.61. The number of hydrogen-bond donors (Lipinski definition) is 1. The number of aromatic nitrogens is 2. The van der Waals surface area contributed by atoms with Gasteiger partial charge < -0.3 is 14.8 Å². The maximum atomic E-state index is 14.6. The SMILES string of the molecule is C[C@@H]1CCCC[C@H]1NC(=O)[C@]1(C)Cn2c(nc3ccccc32)C(=O)N1Cc1ccccc1F. The maximum Gasteiger partial charge on any atom is 0.291 e. The highest BCUT2D eigenvalue weighted by Crippen LogP contribution is 2.33. The first-order chi connectivity index (χ1) is 15.9. The van der Waals surface area contributed by atoms with Crippen LogP contribution < -0.4 is 5.32 Å². The van der Waals surface area contributed by atoms with E-state index in [0.717, 1.165) is 24.8 Å². The fourth-order valence-electron chi connectivity index (χ4n) is 5.23. The quantitative estimate of drug-likeness (QED) is 0.648. The van der Waals surface area contributed by atoms with Crippen molar-refractivity contribution >= 4 is 22.8 Å². The van der Waals surface area contributed by atoms with Gasteiger partial charge in [0, 0.05) is 11.6 Å². The summed E-state index contributed by atoms with van der Waals surface area (Å²) in [6.45, 7) is 4.21. The van der Waals surface area contributed by atoms with Crippen LogP contribution in [0, 0.1) is 11.7 Å². The summed E-state index contributed by atoms with van der Waals surface area (Å²) < 4.78 is 16.4. The van der Waals surface area contributed by atoms with Crippen LogP contribution in [0.1, 0.15) is 55.7 Å². The molecule has 6 nitrogen and oxygen atoms in total. The third kappa shape index (κ3) is 3.69. The molecule has 2 heterocycles. The van der Waals surface area contributed by atoms with Gasteiger partial charge in [-0.05, 0) is 43.9 Å². The molecular weight excluding hydrogens is 419 g/mol. The molecule has 5 rings (SSSR count). The zero-order valence-electron chi connectivity index (χ0n) is 19.1. The van der Waals surface area contributed by atoms with Crippen molar-refractivity contribution in [3.8, 4) is 0 Å². The number of fused-ring (bicyclic) bond motifs is 3. The Morgan fingerprint density at radius 1 is 1.15 bits per heavy atom. The van der Waals surface area contributed by atoms with E-state index >= 15 is 0 Å². The summed E-state index contributed by atoms with van der Waals surface area (Å²) in [5.74, 6) is -0.295. The number of carbonyl (C=O) groups excluding carboxylic acids is 2. The van der Waals surface area contributed by atoms with Crippen molar-refractivity contribution in [1.29, 1.82) is 0 Å². The normalized spacial score (nSPS) is 25.2. The van der Waals surface area contributed by atoms with E-state index in [9.17, 15) is 14.0 Å². The van der Waals surface area contributed by atoms with Gasteiger partial charge in [-0.2, -0.15) is 0 Å². The van der Waals surface area contributed by atoms with Gasteiger partial charge in [0.2, 0.25) is 5.91 Å². The molecule has 3 aromatic rings. The Morgan fingerprint density at radius 2 is 1.88 bits per heavy atom. The smallest absolute Gasteiger partial charge is 0.291 e. The maximum absolute atomic E-state index is 14.6. The number of para-hydroxylation sites is 2. The fraction of sp³-hybridized carbons (Fsp3) is 0.423. The molecule has 1 saturated carbocycles. The van der Waals surface area contributed by atoms with Crippen molar-refractivity contribution in [2.45, 2.75) is 64.2 Å². The van der Waals surface area contributed by atoms with Crippen molar-refractivity contribution in [3.05, 3.63) is 65.7 Å². The van der Waals surface area contributed by atoms with Gasteiger partial charge in [-0.3, -0.25) is 9.59 Å². The van der Waals surface area contributed by atoms with E-state index in [0.29, 0.717) is 17.0 Å². The first-order valence-corrected chi connectivity index (χ1v) is 11.7. The molecule has 1 aliphatic heterocycles. The van der Waals surface area contributed by atoms with E-state index in [-0.39, 0.29) is 36.8 Å². The Kier molecular flexibility index (Phi) is 5.43. The molecule has 1 aliphatic carbocycles. The van der Waals surface area contributed by atoms with Crippen molar-refractivity contribution in [2.75, 3.05) is 0 Å². The molecule has 1 fully saturated rings. The van der Waals surface area contributed by atoms with Gasteiger partial charge in [0.25, 0.3) is 5.91 Å². The number of imidazole rings is 1. The highest BCUT2D eigenvalue weighted by Gasteiger charge is 2.49. The molecule has 0 radical (unpaired) electrons. The summed E-state index contributed by atoms with van der Waals surface area (Å²) in [6.07, 6.45) is 4.27. The van der Waals surface area contributed by atoms with E-state index < -0.39 is 11.4 Å². The lowest BCUT2D eigenvalue weighted by Crippen LogP contribution is -2.65. The summed E-state index contributed by atoms with van der Waals surface area (Å²) in [5, 5.41) is 3.24. The number of amides is 2. The van der Waals surface area contributed by atoms with Crippen LogP contribution >= 0.6 is 0 Å². The van der Waals surface area contributed by atoms with E-state index in [1.54, 1.807) is 25.1 Å². The second kappa shape index (κ2) is 8.28. The van der Waals surface area contributed by atoms with Crippen molar-refractivity contribution < 1.29 is 14.0 Å². The van der Waals surface area contributed by atoms with Crippen LogP contribution in [0.5, 0.6) is 0 Å². The zero-order chi connectivity index (χ0) is 23.2. The number of rotatable bonds is 4. The van der Waals surface area contributed by atoms with E-state index in [4.69, 9.17) is 0 Å². The minimum atomic E-state index is -1.19. The third-order valence-corrected chi connectivity index (χ3v) is 7.36. The molecular formula is C26H29FN4O2. The molecule has 1 N–H and O–H groups in total. The molecule has 3 atom stereocenters. The number of halogens is 1. The molecule has 1 aromatic heterocycles. The number of carbonyl (C=O) groups is 2. The molecule has 0 spiro atoms. The first kappa shape index (κ1) is 21.6. The summed E-state index contributed by atoms with van der Waals surface area (Å²) in [4.78, 5) is 33.6. The van der Waals surface area contributed by atoms with Crippen LogP contribution in [0.25, 0.3) is 11.0 Å². The van der Waals surface area contributed by atoms with Crippen LogP contribution in [0.2, 0.25) is 0 Å². The van der Waals surface area contributed by atoms with E-state index in [1.807, 2.05) is 28.8 Å². The molecule has 172 valence electrons. The van der Waals surface area contributed by atoms with Gasteiger partial charge in [-0.25, -0.2) is 9.37 Å². The Labute approximate surface area is 192 Å². The predicted molar refractivity (Wildman–Crippen MR) is 124 cm³/mol. The average molecular weight is 449 g/mol. The molecule has 0 unspecified atom stereocenters. The van der Waals surface area contributed by atoms with Crippen LogP contribution in [-0.2, 0) is 17.9 Å². The van der Waals surface area contributed by atoms with E-state index in [2.05, 4.69) is 17.2 Å². The lowest BCUT2D eigenvalue weighted by Gasteiger charge is -2.44. The fourth-order valence-corrected chi connectivity index (χ4v) is 5.23. The van der Waals surface area contributed by atoms with E-state index in [1.165, 1.54) is 17.4 Å². The minimum absolute atomic E-state index is 0.00114. The molecule has 2 amide bonds. The molecule has 2 aromatic carbocycles. The molecule has 2 aliphatic rings. The van der Waals surface area contributed by atoms with Crippen molar-refractivity contribution in [1.82, 2.24) is 19.8 Å². The van der Waals surface area contributed by atoms with Crippen molar-refractivity contribution in [3.63, 3.8) is 0 Å². The number of nitrogens with zero attached hydrogens (tertiary/aromatic N) is 3. The molecule has 0 saturated heterocycles. The lowest BCUT2D eigenvalue weighted by molar-refractivity contribution is -0.134. The summed E-state index contributed by atoms with van der Waals surface area (Å²) in [5.41, 5.74) is 0.710. The van der Waals surface area contributed by atoms with Gasteiger partial charge in [0.05, 0.1) is 24.1 Å². The van der Waals surface area contributed by atoms with Crippen LogP contribution in [0.4, 0.5) is 4.39 Å². The summed E-state index contributed by atoms with van der Waals surface area (Å²) in [7, 11) is 0. The van der Waals surface area contributed by atoms with Gasteiger partial charge in [-0.1, -0.05) is 50.1 Å². The average Bonchev–Trinajstić information content (AvgIpc) is 3.18. The molecule has 7 heteroatoms. The number of hydrogen-bond acceptors (Lipinski definition) is 3. The predicted octanol–water partition coefficient (Wildman–Crippen LogP) is 4.29. The number of benzene rings is 2. The zero-order valence-corrected chi connectivity index (χ0v) is 19.1. The first-order valence-electron chi connectivity index (χ1n) is 11.7.